The summed E-state index contributed by atoms with van der Waals surface area (Å²) < 4.78 is 0. The summed E-state index contributed by atoms with van der Waals surface area (Å²) in [6.07, 6.45) is 11.5. The number of aliphatic hydroxyl groups is 1. The molecule has 1 N–H and O–H groups in total. The van der Waals surface area contributed by atoms with Crippen molar-refractivity contribution in [2.45, 2.75) is 90.9 Å². The third-order valence-electron chi connectivity index (χ3n) is 3.49. The van der Waals surface area contributed by atoms with E-state index in [-0.39, 0.29) is 0 Å². The summed E-state index contributed by atoms with van der Waals surface area (Å²) in [5.74, 6) is 1.11. The minimum absolute atomic E-state index is 0.331. The minimum atomic E-state index is 0.331. The summed E-state index contributed by atoms with van der Waals surface area (Å²) in [5.41, 5.74) is 0. The number of hydrogen-bond acceptors (Lipinski definition) is 3. The number of ketones is 2. The average Bonchev–Trinajstić information content (AvgIpc) is 2.44. The van der Waals surface area contributed by atoms with Gasteiger partial charge in [0, 0.05) is 32.1 Å². The highest BCUT2D eigenvalue weighted by molar-refractivity contribution is 5.78. The Morgan fingerprint density at radius 2 is 1.24 bits per heavy atom. The van der Waals surface area contributed by atoms with E-state index in [9.17, 15) is 14.7 Å². The highest BCUT2D eigenvalue weighted by Crippen LogP contribution is 2.11. The molecule has 0 aliphatic rings. The minimum Gasteiger partial charge on any atom is -0.513 e. The maximum Gasteiger partial charge on any atom is 0.132 e. The number of aliphatic hydroxyl groups excluding tert-OH is 1. The highest BCUT2D eigenvalue weighted by atomic mass is 16.3. The van der Waals surface area contributed by atoms with Gasteiger partial charge in [0.15, 0.2) is 0 Å². The van der Waals surface area contributed by atoms with Crippen LogP contribution in [0.15, 0.2) is 11.8 Å². The van der Waals surface area contributed by atoms with Crippen molar-refractivity contribution < 1.29 is 14.7 Å². The molecule has 0 aromatic carbocycles. The van der Waals surface area contributed by atoms with E-state index in [0.717, 1.165) is 44.9 Å². The molecular weight excluding hydrogens is 264 g/mol. The molecule has 0 amide bonds. The monoisotopic (exact) mass is 296 g/mol. The third-order valence-corrected chi connectivity index (χ3v) is 3.49. The van der Waals surface area contributed by atoms with E-state index >= 15 is 0 Å². The van der Waals surface area contributed by atoms with Crippen LogP contribution in [-0.2, 0) is 9.59 Å². The van der Waals surface area contributed by atoms with Gasteiger partial charge in [-0.15, -0.1) is 0 Å². The number of allylic oxidation sites excluding steroid dienone is 2. The van der Waals surface area contributed by atoms with E-state index in [1.807, 2.05) is 19.9 Å². The van der Waals surface area contributed by atoms with Crippen LogP contribution in [0, 0.1) is 0 Å². The quantitative estimate of drug-likeness (QED) is 0.350. The van der Waals surface area contributed by atoms with Crippen LogP contribution >= 0.6 is 0 Å². The summed E-state index contributed by atoms with van der Waals surface area (Å²) >= 11 is 0. The van der Waals surface area contributed by atoms with Gasteiger partial charge in [-0.2, -0.15) is 0 Å². The predicted molar refractivity (Wildman–Crippen MR) is 87.5 cm³/mol. The summed E-state index contributed by atoms with van der Waals surface area (Å²) in [6.45, 7) is 4.04. The summed E-state index contributed by atoms with van der Waals surface area (Å²) in [6, 6.07) is 0. The average molecular weight is 296 g/mol. The van der Waals surface area contributed by atoms with E-state index < -0.39 is 0 Å². The van der Waals surface area contributed by atoms with Crippen LogP contribution in [-0.4, -0.2) is 16.7 Å². The lowest BCUT2D eigenvalue weighted by atomic mass is 10.1. The lowest BCUT2D eigenvalue weighted by Crippen LogP contribution is -1.96. The molecule has 0 aliphatic heterocycles. The molecule has 0 atom stereocenters. The molecular formula is C18H32O3. The lowest BCUT2D eigenvalue weighted by Gasteiger charge is -2.02. The number of Topliss-reactive ketones (excluding diaryl/α,β-unsaturated/α-hetero) is 2. The van der Waals surface area contributed by atoms with Crippen LogP contribution in [0.25, 0.3) is 0 Å². The fourth-order valence-corrected chi connectivity index (χ4v) is 2.27. The molecule has 0 aromatic heterocycles. The molecule has 21 heavy (non-hydrogen) atoms. The van der Waals surface area contributed by atoms with Gasteiger partial charge in [-0.3, -0.25) is 9.59 Å². The Bertz CT molecular complexity index is 318. The molecule has 0 saturated carbocycles. The Labute approximate surface area is 129 Å². The van der Waals surface area contributed by atoms with Crippen molar-refractivity contribution in [1.29, 1.82) is 0 Å². The first-order chi connectivity index (χ1) is 10.1. The number of hydrogen-bond donors (Lipinski definition) is 1. The second-order valence-electron chi connectivity index (χ2n) is 5.73. The van der Waals surface area contributed by atoms with Crippen LogP contribution in [0.4, 0.5) is 0 Å². The standard InChI is InChI=1S/C18H32O3/c1-3-10-16(19)12-6-5-7-13-18(21)15-9-8-14-17(20)11-4-2/h13,21H,3-12,14-15H2,1-2H3/b18-13-. The van der Waals surface area contributed by atoms with Crippen molar-refractivity contribution in [3.63, 3.8) is 0 Å². The number of unbranched alkanes of at least 4 members (excludes halogenated alkanes) is 3. The van der Waals surface area contributed by atoms with E-state index in [1.165, 1.54) is 0 Å². The van der Waals surface area contributed by atoms with Crippen molar-refractivity contribution in [2.75, 3.05) is 0 Å². The number of rotatable bonds is 14. The van der Waals surface area contributed by atoms with Gasteiger partial charge in [0.25, 0.3) is 0 Å². The zero-order valence-corrected chi connectivity index (χ0v) is 13.8. The van der Waals surface area contributed by atoms with Crippen molar-refractivity contribution >= 4 is 11.6 Å². The summed E-state index contributed by atoms with van der Waals surface area (Å²) in [4.78, 5) is 22.7. The first-order valence-corrected chi connectivity index (χ1v) is 8.51. The summed E-state index contributed by atoms with van der Waals surface area (Å²) in [7, 11) is 0. The SMILES string of the molecule is CCCC(=O)CCCC/C=C(\O)CCCCC(=O)CCC. The number of carbonyl (C=O) groups excluding carboxylic acids is 2. The molecule has 0 radical (unpaired) electrons. The fraction of sp³-hybridized carbons (Fsp3) is 0.778. The first kappa shape index (κ1) is 19.9. The molecule has 0 fully saturated rings. The molecule has 0 saturated heterocycles. The van der Waals surface area contributed by atoms with Gasteiger partial charge in [0.05, 0.1) is 5.76 Å². The van der Waals surface area contributed by atoms with Crippen molar-refractivity contribution in [2.24, 2.45) is 0 Å². The predicted octanol–water partition coefficient (Wildman–Crippen LogP) is 5.29. The molecule has 0 aliphatic carbocycles. The van der Waals surface area contributed by atoms with Crippen molar-refractivity contribution in [3.8, 4) is 0 Å². The molecule has 0 aromatic rings. The third kappa shape index (κ3) is 13.6. The van der Waals surface area contributed by atoms with Crippen molar-refractivity contribution in [1.82, 2.24) is 0 Å². The van der Waals surface area contributed by atoms with E-state index in [0.29, 0.717) is 49.4 Å². The van der Waals surface area contributed by atoms with E-state index in [4.69, 9.17) is 0 Å². The molecule has 3 nitrogen and oxygen atoms in total. The molecule has 122 valence electrons. The second kappa shape index (κ2) is 13.8. The Morgan fingerprint density at radius 3 is 1.76 bits per heavy atom. The lowest BCUT2D eigenvalue weighted by molar-refractivity contribution is -0.120. The van der Waals surface area contributed by atoms with Crippen LogP contribution in [0.2, 0.25) is 0 Å². The largest absolute Gasteiger partial charge is 0.513 e. The van der Waals surface area contributed by atoms with Crippen LogP contribution in [0.3, 0.4) is 0 Å². The Hall–Kier alpha value is -1.12. The van der Waals surface area contributed by atoms with Crippen LogP contribution < -0.4 is 0 Å². The molecule has 0 spiro atoms. The molecule has 0 bridgehead atoms. The van der Waals surface area contributed by atoms with Gasteiger partial charge in [0.2, 0.25) is 0 Å². The Balaban J connectivity index is 3.52. The number of carbonyl (C=O) groups is 2. The molecule has 0 unspecified atom stereocenters. The topological polar surface area (TPSA) is 54.4 Å². The van der Waals surface area contributed by atoms with Gasteiger partial charge >= 0.3 is 0 Å². The Kier molecular flexibility index (Phi) is 13.1. The van der Waals surface area contributed by atoms with Crippen LogP contribution in [0.5, 0.6) is 0 Å². The zero-order chi connectivity index (χ0) is 15.9. The summed E-state index contributed by atoms with van der Waals surface area (Å²) in [5, 5.41) is 9.72. The second-order valence-corrected chi connectivity index (χ2v) is 5.73. The first-order valence-electron chi connectivity index (χ1n) is 8.51. The highest BCUT2D eigenvalue weighted by Gasteiger charge is 2.01. The molecule has 0 heterocycles. The maximum atomic E-state index is 11.3. The van der Waals surface area contributed by atoms with Gasteiger partial charge in [-0.25, -0.2) is 0 Å². The van der Waals surface area contributed by atoms with Crippen molar-refractivity contribution in [3.05, 3.63) is 11.8 Å². The molecule has 0 rings (SSSR count). The maximum absolute atomic E-state index is 11.3. The van der Waals surface area contributed by atoms with E-state index in [2.05, 4.69) is 0 Å². The van der Waals surface area contributed by atoms with Gasteiger partial charge < -0.3 is 5.11 Å². The van der Waals surface area contributed by atoms with Gasteiger partial charge in [-0.1, -0.05) is 13.8 Å². The smallest absolute Gasteiger partial charge is 0.132 e. The van der Waals surface area contributed by atoms with Gasteiger partial charge in [-0.05, 0) is 51.0 Å². The van der Waals surface area contributed by atoms with Crippen LogP contribution in [0.1, 0.15) is 90.9 Å². The normalized spacial score (nSPS) is 11.6. The fourth-order valence-electron chi connectivity index (χ4n) is 2.27. The Morgan fingerprint density at radius 1 is 0.762 bits per heavy atom. The van der Waals surface area contributed by atoms with E-state index in [1.54, 1.807) is 0 Å². The van der Waals surface area contributed by atoms with Gasteiger partial charge in [0.1, 0.15) is 11.6 Å². The molecule has 3 heteroatoms. The zero-order valence-electron chi connectivity index (χ0n) is 13.8.